The van der Waals surface area contributed by atoms with Crippen molar-refractivity contribution in [3.05, 3.63) is 48.5 Å². The van der Waals surface area contributed by atoms with Gasteiger partial charge >= 0.3 is 0 Å². The number of morpholine rings is 1. The number of benzene rings is 2. The van der Waals surface area contributed by atoms with Gasteiger partial charge in [0.1, 0.15) is 23.9 Å². The fourth-order valence-corrected chi connectivity index (χ4v) is 4.45. The lowest BCUT2D eigenvalue weighted by Gasteiger charge is -2.26. The van der Waals surface area contributed by atoms with Gasteiger partial charge < -0.3 is 24.3 Å². The second kappa shape index (κ2) is 11.2. The summed E-state index contributed by atoms with van der Waals surface area (Å²) in [5, 5.41) is 2.75. The standard InChI is InChI=1S/C22H28N2O7S/c1-17(31-20-5-3-18(28-2)4-6-20)22(25)23-11-14-30-19-7-9-21(10-8-19)32(26,27)24-12-15-29-16-13-24/h3-10,17H,11-16H2,1-2H3,(H,23,25). The molecule has 1 N–H and O–H groups in total. The van der Waals surface area contributed by atoms with Crippen molar-refractivity contribution in [2.45, 2.75) is 17.9 Å². The van der Waals surface area contributed by atoms with Crippen molar-refractivity contribution in [1.29, 1.82) is 0 Å². The van der Waals surface area contributed by atoms with Crippen LogP contribution in [0.15, 0.2) is 53.4 Å². The van der Waals surface area contributed by atoms with Crippen molar-refractivity contribution in [2.24, 2.45) is 0 Å². The molecule has 1 aliphatic heterocycles. The molecule has 32 heavy (non-hydrogen) atoms. The van der Waals surface area contributed by atoms with Crippen molar-refractivity contribution in [3.63, 3.8) is 0 Å². The van der Waals surface area contributed by atoms with E-state index in [0.717, 1.165) is 0 Å². The van der Waals surface area contributed by atoms with E-state index in [2.05, 4.69) is 5.32 Å². The largest absolute Gasteiger partial charge is 0.497 e. The maximum atomic E-state index is 12.6. The Balaban J connectivity index is 1.41. The molecule has 2 aromatic rings. The Labute approximate surface area is 188 Å². The summed E-state index contributed by atoms with van der Waals surface area (Å²) in [7, 11) is -1.96. The fraction of sp³-hybridized carbons (Fsp3) is 0.409. The lowest BCUT2D eigenvalue weighted by atomic mass is 10.3. The first-order valence-corrected chi connectivity index (χ1v) is 11.7. The summed E-state index contributed by atoms with van der Waals surface area (Å²) in [5.74, 6) is 1.52. The molecule has 0 aliphatic carbocycles. The van der Waals surface area contributed by atoms with E-state index in [1.165, 1.54) is 16.4 Å². The van der Waals surface area contributed by atoms with Crippen LogP contribution in [0.5, 0.6) is 17.2 Å². The first-order chi connectivity index (χ1) is 15.4. The number of hydrogen-bond donors (Lipinski definition) is 1. The van der Waals surface area contributed by atoms with Gasteiger partial charge in [0, 0.05) is 13.1 Å². The first kappa shape index (κ1) is 23.8. The van der Waals surface area contributed by atoms with Crippen LogP contribution in [0.4, 0.5) is 0 Å². The van der Waals surface area contributed by atoms with E-state index >= 15 is 0 Å². The van der Waals surface area contributed by atoms with Crippen molar-refractivity contribution < 1.29 is 32.2 Å². The number of nitrogens with one attached hydrogen (secondary N) is 1. The maximum Gasteiger partial charge on any atom is 0.260 e. The van der Waals surface area contributed by atoms with Gasteiger partial charge in [-0.1, -0.05) is 0 Å². The second-order valence-electron chi connectivity index (χ2n) is 7.06. The molecular weight excluding hydrogens is 436 g/mol. The van der Waals surface area contributed by atoms with Crippen LogP contribution >= 0.6 is 0 Å². The smallest absolute Gasteiger partial charge is 0.260 e. The van der Waals surface area contributed by atoms with Gasteiger partial charge in [0.25, 0.3) is 5.91 Å². The highest BCUT2D eigenvalue weighted by molar-refractivity contribution is 7.89. The van der Waals surface area contributed by atoms with E-state index in [1.54, 1.807) is 50.4 Å². The monoisotopic (exact) mass is 464 g/mol. The van der Waals surface area contributed by atoms with Crippen LogP contribution in [0.1, 0.15) is 6.92 Å². The molecule has 9 nitrogen and oxygen atoms in total. The first-order valence-electron chi connectivity index (χ1n) is 10.3. The van der Waals surface area contributed by atoms with Gasteiger partial charge in [-0.25, -0.2) is 8.42 Å². The minimum atomic E-state index is -3.53. The van der Waals surface area contributed by atoms with E-state index in [4.69, 9.17) is 18.9 Å². The molecule has 10 heteroatoms. The van der Waals surface area contributed by atoms with E-state index < -0.39 is 16.1 Å². The number of hydrogen-bond acceptors (Lipinski definition) is 7. The Bertz CT molecular complexity index is 972. The normalized spacial score (nSPS) is 15.6. The third kappa shape index (κ3) is 6.35. The molecule has 0 spiro atoms. The van der Waals surface area contributed by atoms with Crippen LogP contribution < -0.4 is 19.5 Å². The predicted octanol–water partition coefficient (Wildman–Crippen LogP) is 1.68. The number of methoxy groups -OCH3 is 1. The molecular formula is C22H28N2O7S. The molecule has 0 bridgehead atoms. The zero-order valence-electron chi connectivity index (χ0n) is 18.2. The Morgan fingerprint density at radius 2 is 1.62 bits per heavy atom. The molecule has 0 radical (unpaired) electrons. The molecule has 1 atom stereocenters. The molecule has 1 amide bonds. The number of nitrogens with zero attached hydrogens (tertiary/aromatic N) is 1. The van der Waals surface area contributed by atoms with Crippen LogP contribution in [0.2, 0.25) is 0 Å². The number of amides is 1. The Kier molecular flexibility index (Phi) is 8.32. The minimum Gasteiger partial charge on any atom is -0.497 e. The molecule has 3 rings (SSSR count). The van der Waals surface area contributed by atoms with Crippen LogP contribution in [0.3, 0.4) is 0 Å². The summed E-state index contributed by atoms with van der Waals surface area (Å²) in [6.45, 7) is 3.67. The predicted molar refractivity (Wildman–Crippen MR) is 118 cm³/mol. The topological polar surface area (TPSA) is 103 Å². The maximum absolute atomic E-state index is 12.6. The van der Waals surface area contributed by atoms with Crippen molar-refractivity contribution in [2.75, 3.05) is 46.6 Å². The summed E-state index contributed by atoms with van der Waals surface area (Å²) in [6, 6.07) is 13.2. The average Bonchev–Trinajstić information content (AvgIpc) is 2.83. The van der Waals surface area contributed by atoms with E-state index in [9.17, 15) is 13.2 Å². The highest BCUT2D eigenvalue weighted by Crippen LogP contribution is 2.21. The summed E-state index contributed by atoms with van der Waals surface area (Å²) >= 11 is 0. The van der Waals surface area contributed by atoms with Gasteiger partial charge in [0.2, 0.25) is 10.0 Å². The number of sulfonamides is 1. The average molecular weight is 465 g/mol. The summed E-state index contributed by atoms with van der Waals surface area (Å²) in [4.78, 5) is 12.4. The molecule has 1 heterocycles. The van der Waals surface area contributed by atoms with Gasteiger partial charge in [0.05, 0.1) is 31.8 Å². The van der Waals surface area contributed by atoms with Gasteiger partial charge in [-0.05, 0) is 55.5 Å². The van der Waals surface area contributed by atoms with Crippen LogP contribution in [0, 0.1) is 0 Å². The summed E-state index contributed by atoms with van der Waals surface area (Å²) in [5.41, 5.74) is 0. The fourth-order valence-electron chi connectivity index (χ4n) is 3.04. The van der Waals surface area contributed by atoms with E-state index in [0.29, 0.717) is 43.6 Å². The Morgan fingerprint density at radius 1 is 1.03 bits per heavy atom. The van der Waals surface area contributed by atoms with E-state index in [-0.39, 0.29) is 24.0 Å². The number of carbonyl (C=O) groups excluding carboxylic acids is 1. The molecule has 0 aromatic heterocycles. The van der Waals surface area contributed by atoms with Crippen LogP contribution in [-0.4, -0.2) is 71.3 Å². The molecule has 1 aliphatic rings. The van der Waals surface area contributed by atoms with Crippen LogP contribution in [0.25, 0.3) is 0 Å². The van der Waals surface area contributed by atoms with Crippen LogP contribution in [-0.2, 0) is 19.6 Å². The summed E-state index contributed by atoms with van der Waals surface area (Å²) in [6.07, 6.45) is -0.673. The zero-order valence-corrected chi connectivity index (χ0v) is 19.0. The Hall–Kier alpha value is -2.82. The third-order valence-electron chi connectivity index (χ3n) is 4.84. The Morgan fingerprint density at radius 3 is 2.25 bits per heavy atom. The lowest BCUT2D eigenvalue weighted by Crippen LogP contribution is -2.40. The van der Waals surface area contributed by atoms with Crippen molar-refractivity contribution in [1.82, 2.24) is 9.62 Å². The summed E-state index contributed by atoms with van der Waals surface area (Å²) < 4.78 is 48.2. The minimum absolute atomic E-state index is 0.213. The highest BCUT2D eigenvalue weighted by atomic mass is 32.2. The molecule has 174 valence electrons. The number of carbonyl (C=O) groups is 1. The van der Waals surface area contributed by atoms with Crippen molar-refractivity contribution in [3.8, 4) is 17.2 Å². The molecule has 1 unspecified atom stereocenters. The SMILES string of the molecule is COc1ccc(OC(C)C(=O)NCCOc2ccc(S(=O)(=O)N3CCOCC3)cc2)cc1. The molecule has 1 saturated heterocycles. The number of ether oxygens (including phenoxy) is 4. The zero-order chi connectivity index (χ0) is 23.0. The van der Waals surface area contributed by atoms with Gasteiger partial charge in [-0.3, -0.25) is 4.79 Å². The van der Waals surface area contributed by atoms with Crippen molar-refractivity contribution >= 4 is 15.9 Å². The lowest BCUT2D eigenvalue weighted by molar-refractivity contribution is -0.127. The van der Waals surface area contributed by atoms with E-state index in [1.807, 2.05) is 0 Å². The number of rotatable bonds is 10. The van der Waals surface area contributed by atoms with Gasteiger partial charge in [-0.2, -0.15) is 4.31 Å². The quantitative estimate of drug-likeness (QED) is 0.534. The highest BCUT2D eigenvalue weighted by Gasteiger charge is 2.26. The third-order valence-corrected chi connectivity index (χ3v) is 6.76. The van der Waals surface area contributed by atoms with Gasteiger partial charge in [0.15, 0.2) is 6.10 Å². The van der Waals surface area contributed by atoms with Gasteiger partial charge in [-0.15, -0.1) is 0 Å². The second-order valence-corrected chi connectivity index (χ2v) is 9.00. The molecule has 2 aromatic carbocycles. The molecule has 1 fully saturated rings. The molecule has 0 saturated carbocycles.